The van der Waals surface area contributed by atoms with Crippen LogP contribution in [-0.4, -0.2) is 17.5 Å². The van der Waals surface area contributed by atoms with Crippen molar-refractivity contribution in [3.63, 3.8) is 0 Å². The number of aliphatic hydroxyl groups excluding tert-OH is 1. The molecule has 0 radical (unpaired) electrons. The normalized spacial score (nSPS) is 28.2. The minimum Gasteiger partial charge on any atom is -0.368 e. The van der Waals surface area contributed by atoms with Crippen molar-refractivity contribution in [3.8, 4) is 0 Å². The van der Waals surface area contributed by atoms with E-state index in [1.807, 2.05) is 0 Å². The van der Waals surface area contributed by atoms with Gasteiger partial charge in [-0.3, -0.25) is 0 Å². The predicted molar refractivity (Wildman–Crippen MR) is 53.5 cm³/mol. The van der Waals surface area contributed by atoms with Crippen LogP contribution < -0.4 is 0 Å². The molecule has 2 heteroatoms. The molecule has 0 aliphatic carbocycles. The summed E-state index contributed by atoms with van der Waals surface area (Å²) in [6, 6.07) is 0. The lowest BCUT2D eigenvalue weighted by molar-refractivity contribution is -0.0920. The van der Waals surface area contributed by atoms with Crippen LogP contribution in [0, 0.1) is 0 Å². The van der Waals surface area contributed by atoms with Gasteiger partial charge in [0.25, 0.3) is 0 Å². The zero-order valence-corrected chi connectivity index (χ0v) is 8.67. The summed E-state index contributed by atoms with van der Waals surface area (Å²) in [5.74, 6) is 0. The van der Waals surface area contributed by atoms with Crippen LogP contribution >= 0.6 is 0 Å². The lowest BCUT2D eigenvalue weighted by Crippen LogP contribution is -2.09. The average molecular weight is 186 g/mol. The number of hydrogen-bond acceptors (Lipinski definition) is 2. The quantitative estimate of drug-likeness (QED) is 0.646. The number of hydrogen-bond donors (Lipinski definition) is 1. The highest BCUT2D eigenvalue weighted by Gasteiger charge is 2.22. The molecule has 2 atom stereocenters. The lowest BCUT2D eigenvalue weighted by atomic mass is 10.1. The van der Waals surface area contributed by atoms with E-state index in [0.29, 0.717) is 6.10 Å². The van der Waals surface area contributed by atoms with E-state index in [1.165, 1.54) is 32.1 Å². The third-order valence-electron chi connectivity index (χ3n) is 2.71. The molecule has 2 nitrogen and oxygen atoms in total. The van der Waals surface area contributed by atoms with Crippen LogP contribution in [0.5, 0.6) is 0 Å². The molecular weight excluding hydrogens is 164 g/mol. The van der Waals surface area contributed by atoms with Crippen molar-refractivity contribution in [2.45, 2.75) is 70.7 Å². The predicted octanol–water partition coefficient (Wildman–Crippen LogP) is 2.84. The van der Waals surface area contributed by atoms with Crippen molar-refractivity contribution in [1.82, 2.24) is 0 Å². The summed E-state index contributed by atoms with van der Waals surface area (Å²) in [6.45, 7) is 2.23. The van der Waals surface area contributed by atoms with E-state index < -0.39 is 6.29 Å². The fourth-order valence-electron chi connectivity index (χ4n) is 1.87. The summed E-state index contributed by atoms with van der Waals surface area (Å²) >= 11 is 0. The SMILES string of the molecule is CCCCCCCC1CCC(O)O1. The van der Waals surface area contributed by atoms with E-state index in [2.05, 4.69) is 6.92 Å². The molecular formula is C11H22O2. The zero-order valence-electron chi connectivity index (χ0n) is 8.67. The minimum absolute atomic E-state index is 0.344. The van der Waals surface area contributed by atoms with Crippen molar-refractivity contribution >= 4 is 0 Å². The molecule has 1 heterocycles. The molecule has 0 spiro atoms. The first-order valence-corrected chi connectivity index (χ1v) is 5.66. The van der Waals surface area contributed by atoms with Gasteiger partial charge in [-0.05, 0) is 12.8 Å². The molecule has 1 fully saturated rings. The van der Waals surface area contributed by atoms with Crippen LogP contribution in [-0.2, 0) is 4.74 Å². The highest BCUT2D eigenvalue weighted by Crippen LogP contribution is 2.22. The molecule has 0 amide bonds. The maximum absolute atomic E-state index is 9.12. The summed E-state index contributed by atoms with van der Waals surface area (Å²) in [5, 5.41) is 9.12. The van der Waals surface area contributed by atoms with E-state index in [-0.39, 0.29) is 0 Å². The van der Waals surface area contributed by atoms with Crippen LogP contribution in [0.2, 0.25) is 0 Å². The summed E-state index contributed by atoms with van der Waals surface area (Å²) in [7, 11) is 0. The molecule has 78 valence electrons. The fraction of sp³-hybridized carbons (Fsp3) is 1.00. The molecule has 0 aromatic carbocycles. The molecule has 0 saturated carbocycles. The maximum Gasteiger partial charge on any atom is 0.154 e. The van der Waals surface area contributed by atoms with Gasteiger partial charge in [-0.2, -0.15) is 0 Å². The molecule has 1 rings (SSSR count). The largest absolute Gasteiger partial charge is 0.368 e. The Morgan fingerprint density at radius 3 is 2.54 bits per heavy atom. The topological polar surface area (TPSA) is 29.5 Å². The van der Waals surface area contributed by atoms with Gasteiger partial charge in [-0.25, -0.2) is 0 Å². The van der Waals surface area contributed by atoms with Gasteiger partial charge in [-0.15, -0.1) is 0 Å². The van der Waals surface area contributed by atoms with Crippen molar-refractivity contribution in [2.75, 3.05) is 0 Å². The molecule has 2 unspecified atom stereocenters. The van der Waals surface area contributed by atoms with Gasteiger partial charge in [0.2, 0.25) is 0 Å². The van der Waals surface area contributed by atoms with Crippen LogP contribution in [0.15, 0.2) is 0 Å². The lowest BCUT2D eigenvalue weighted by Gasteiger charge is -2.09. The van der Waals surface area contributed by atoms with Crippen molar-refractivity contribution in [2.24, 2.45) is 0 Å². The van der Waals surface area contributed by atoms with Crippen molar-refractivity contribution in [3.05, 3.63) is 0 Å². The molecule has 0 aromatic rings. The minimum atomic E-state index is -0.472. The second kappa shape index (κ2) is 6.39. The molecule has 1 N–H and O–H groups in total. The smallest absolute Gasteiger partial charge is 0.154 e. The Hall–Kier alpha value is -0.0800. The van der Waals surface area contributed by atoms with Crippen LogP contribution in [0.4, 0.5) is 0 Å². The Morgan fingerprint density at radius 1 is 1.15 bits per heavy atom. The zero-order chi connectivity index (χ0) is 9.52. The third-order valence-corrected chi connectivity index (χ3v) is 2.71. The first-order valence-electron chi connectivity index (χ1n) is 5.66. The summed E-state index contributed by atoms with van der Waals surface area (Å²) in [6.07, 6.45) is 9.49. The first kappa shape index (κ1) is 11.0. The van der Waals surface area contributed by atoms with Crippen LogP contribution in [0.25, 0.3) is 0 Å². The third kappa shape index (κ3) is 4.63. The van der Waals surface area contributed by atoms with E-state index >= 15 is 0 Å². The fourth-order valence-corrected chi connectivity index (χ4v) is 1.87. The molecule has 13 heavy (non-hydrogen) atoms. The Labute approximate surface area is 81.3 Å². The number of rotatable bonds is 6. The van der Waals surface area contributed by atoms with E-state index in [0.717, 1.165) is 19.3 Å². The van der Waals surface area contributed by atoms with E-state index in [4.69, 9.17) is 9.84 Å². The summed E-state index contributed by atoms with van der Waals surface area (Å²) < 4.78 is 5.32. The van der Waals surface area contributed by atoms with Gasteiger partial charge in [0.1, 0.15) is 0 Å². The van der Waals surface area contributed by atoms with Crippen LogP contribution in [0.1, 0.15) is 58.3 Å². The van der Waals surface area contributed by atoms with E-state index in [9.17, 15) is 0 Å². The number of aliphatic hydroxyl groups is 1. The molecule has 1 aliphatic heterocycles. The highest BCUT2D eigenvalue weighted by molar-refractivity contribution is 4.67. The first-order chi connectivity index (χ1) is 6.33. The van der Waals surface area contributed by atoms with E-state index in [1.54, 1.807) is 0 Å². The van der Waals surface area contributed by atoms with Gasteiger partial charge in [-0.1, -0.05) is 39.0 Å². The van der Waals surface area contributed by atoms with Gasteiger partial charge in [0.05, 0.1) is 6.10 Å². The van der Waals surface area contributed by atoms with Crippen molar-refractivity contribution in [1.29, 1.82) is 0 Å². The average Bonchev–Trinajstić information content (AvgIpc) is 2.51. The Morgan fingerprint density at radius 2 is 1.92 bits per heavy atom. The standard InChI is InChI=1S/C11H22O2/c1-2-3-4-5-6-7-10-8-9-11(12)13-10/h10-12H,2-9H2,1H3. The summed E-state index contributed by atoms with van der Waals surface area (Å²) in [4.78, 5) is 0. The van der Waals surface area contributed by atoms with Crippen molar-refractivity contribution < 1.29 is 9.84 Å². The Bertz CT molecular complexity index is 125. The molecule has 1 aliphatic rings. The van der Waals surface area contributed by atoms with Gasteiger partial charge < -0.3 is 9.84 Å². The number of unbranched alkanes of at least 4 members (excludes halogenated alkanes) is 4. The molecule has 0 bridgehead atoms. The van der Waals surface area contributed by atoms with Gasteiger partial charge in [0, 0.05) is 6.42 Å². The number of ether oxygens (including phenoxy) is 1. The monoisotopic (exact) mass is 186 g/mol. The maximum atomic E-state index is 9.12. The second-order valence-corrected chi connectivity index (χ2v) is 3.99. The highest BCUT2D eigenvalue weighted by atomic mass is 16.6. The summed E-state index contributed by atoms with van der Waals surface area (Å²) in [5.41, 5.74) is 0. The Balaban J connectivity index is 1.88. The molecule has 1 saturated heterocycles. The second-order valence-electron chi connectivity index (χ2n) is 3.99. The van der Waals surface area contributed by atoms with Crippen LogP contribution in [0.3, 0.4) is 0 Å². The Kier molecular flexibility index (Phi) is 5.40. The van der Waals surface area contributed by atoms with Gasteiger partial charge >= 0.3 is 0 Å². The molecule has 0 aromatic heterocycles. The van der Waals surface area contributed by atoms with Gasteiger partial charge in [0.15, 0.2) is 6.29 Å².